The Labute approximate surface area is 165 Å². The Bertz CT molecular complexity index is 657. The molecular formula is C20H31N3O3S. The number of ether oxygens (including phenoxy) is 1. The van der Waals surface area contributed by atoms with Crippen LogP contribution in [0.3, 0.4) is 0 Å². The molecule has 0 saturated carbocycles. The predicted octanol–water partition coefficient (Wildman–Crippen LogP) is 1.48. The number of likely N-dealkylation sites (tertiary alicyclic amines) is 1. The third-order valence-corrected chi connectivity index (χ3v) is 7.48. The van der Waals surface area contributed by atoms with E-state index in [1.54, 1.807) is 11.3 Å². The van der Waals surface area contributed by atoms with E-state index in [-0.39, 0.29) is 24.2 Å². The maximum atomic E-state index is 12.7. The van der Waals surface area contributed by atoms with Gasteiger partial charge in [0.25, 0.3) is 5.91 Å². The second-order valence-corrected chi connectivity index (χ2v) is 9.05. The Morgan fingerprint density at radius 3 is 3.07 bits per heavy atom. The van der Waals surface area contributed by atoms with Crippen LogP contribution < -0.4 is 10.6 Å². The van der Waals surface area contributed by atoms with Crippen LogP contribution in [0.4, 0.5) is 0 Å². The molecule has 1 amide bonds. The van der Waals surface area contributed by atoms with Crippen molar-refractivity contribution in [1.29, 1.82) is 0 Å². The molecule has 4 heterocycles. The lowest BCUT2D eigenvalue weighted by molar-refractivity contribution is -0.0792. The fraction of sp³-hybridized carbons (Fsp3) is 0.750. The van der Waals surface area contributed by atoms with E-state index in [0.29, 0.717) is 6.54 Å². The van der Waals surface area contributed by atoms with E-state index in [1.165, 1.54) is 23.3 Å². The van der Waals surface area contributed by atoms with E-state index in [2.05, 4.69) is 21.6 Å². The number of piperidine rings is 2. The normalized spacial score (nSPS) is 25.3. The van der Waals surface area contributed by atoms with Crippen molar-refractivity contribution < 1.29 is 14.6 Å². The van der Waals surface area contributed by atoms with Crippen molar-refractivity contribution in [3.63, 3.8) is 0 Å². The second-order valence-electron chi connectivity index (χ2n) is 7.91. The fourth-order valence-electron chi connectivity index (χ4n) is 4.73. The van der Waals surface area contributed by atoms with Crippen LogP contribution in [0.2, 0.25) is 0 Å². The Hall–Kier alpha value is -0.990. The van der Waals surface area contributed by atoms with Crippen LogP contribution in [0.1, 0.15) is 52.2 Å². The zero-order valence-corrected chi connectivity index (χ0v) is 16.8. The van der Waals surface area contributed by atoms with E-state index in [0.717, 1.165) is 63.3 Å². The number of nitrogens with zero attached hydrogens (tertiary/aromatic N) is 1. The minimum absolute atomic E-state index is 0.0241. The van der Waals surface area contributed by atoms with Crippen molar-refractivity contribution in [3.05, 3.63) is 21.4 Å². The van der Waals surface area contributed by atoms with Gasteiger partial charge in [-0.1, -0.05) is 6.42 Å². The summed E-state index contributed by atoms with van der Waals surface area (Å²) in [5, 5.41) is 16.0. The zero-order chi connectivity index (χ0) is 18.7. The average molecular weight is 394 g/mol. The largest absolute Gasteiger partial charge is 0.395 e. The van der Waals surface area contributed by atoms with Gasteiger partial charge in [-0.2, -0.15) is 0 Å². The molecule has 0 radical (unpaired) electrons. The van der Waals surface area contributed by atoms with Gasteiger partial charge in [-0.15, -0.1) is 11.3 Å². The molecule has 0 aliphatic carbocycles. The molecule has 3 N–H and O–H groups in total. The van der Waals surface area contributed by atoms with Gasteiger partial charge in [0.1, 0.15) is 0 Å². The fourth-order valence-corrected chi connectivity index (χ4v) is 5.88. The summed E-state index contributed by atoms with van der Waals surface area (Å²) in [5.41, 5.74) is 1.07. The molecule has 3 aliphatic rings. The summed E-state index contributed by atoms with van der Waals surface area (Å²) in [4.78, 5) is 17.1. The molecule has 7 heteroatoms. The highest BCUT2D eigenvalue weighted by molar-refractivity contribution is 7.14. The lowest BCUT2D eigenvalue weighted by Gasteiger charge is -2.40. The van der Waals surface area contributed by atoms with E-state index < -0.39 is 0 Å². The number of hydrogen-bond donors (Lipinski definition) is 3. The van der Waals surface area contributed by atoms with Gasteiger partial charge in [-0.25, -0.2) is 0 Å². The molecule has 6 nitrogen and oxygen atoms in total. The molecule has 0 aromatic carbocycles. The van der Waals surface area contributed by atoms with Gasteiger partial charge >= 0.3 is 0 Å². The minimum Gasteiger partial charge on any atom is -0.395 e. The molecule has 1 unspecified atom stereocenters. The smallest absolute Gasteiger partial charge is 0.261 e. The van der Waals surface area contributed by atoms with Crippen molar-refractivity contribution >= 4 is 17.2 Å². The third-order valence-electron chi connectivity index (χ3n) is 6.29. The van der Waals surface area contributed by atoms with Crippen LogP contribution >= 0.6 is 11.3 Å². The highest BCUT2D eigenvalue weighted by Gasteiger charge is 2.40. The molecule has 27 heavy (non-hydrogen) atoms. The molecule has 2 saturated heterocycles. The Morgan fingerprint density at radius 1 is 1.41 bits per heavy atom. The molecule has 1 aromatic heterocycles. The summed E-state index contributed by atoms with van der Waals surface area (Å²) in [6.45, 7) is 5.36. The van der Waals surface area contributed by atoms with Crippen LogP contribution in [0.15, 0.2) is 6.07 Å². The van der Waals surface area contributed by atoms with Gasteiger partial charge in [-0.3, -0.25) is 9.69 Å². The summed E-state index contributed by atoms with van der Waals surface area (Å²) in [7, 11) is 0. The first kappa shape index (κ1) is 19.3. The lowest BCUT2D eigenvalue weighted by atomic mass is 9.83. The van der Waals surface area contributed by atoms with Gasteiger partial charge in [0.15, 0.2) is 0 Å². The second kappa shape index (κ2) is 8.57. The van der Waals surface area contributed by atoms with Crippen LogP contribution in [0, 0.1) is 0 Å². The minimum atomic E-state index is -0.185. The number of aliphatic hydroxyl groups excluding tert-OH is 1. The Kier molecular flexibility index (Phi) is 6.14. The van der Waals surface area contributed by atoms with Gasteiger partial charge in [0, 0.05) is 30.4 Å². The number of thiophene rings is 1. The topological polar surface area (TPSA) is 73.8 Å². The lowest BCUT2D eigenvalue weighted by Crippen LogP contribution is -2.45. The highest BCUT2D eigenvalue weighted by Crippen LogP contribution is 2.43. The molecule has 150 valence electrons. The number of aliphatic hydroxyl groups is 1. The predicted molar refractivity (Wildman–Crippen MR) is 106 cm³/mol. The van der Waals surface area contributed by atoms with Crippen molar-refractivity contribution in [3.8, 4) is 0 Å². The van der Waals surface area contributed by atoms with Gasteiger partial charge < -0.3 is 20.5 Å². The molecule has 3 aliphatic heterocycles. The van der Waals surface area contributed by atoms with Crippen molar-refractivity contribution in [2.24, 2.45) is 0 Å². The summed E-state index contributed by atoms with van der Waals surface area (Å²) < 4.78 is 6.22. The Balaban J connectivity index is 1.37. The number of amides is 1. The summed E-state index contributed by atoms with van der Waals surface area (Å²) in [6, 6.07) is 2.33. The van der Waals surface area contributed by atoms with Crippen molar-refractivity contribution in [2.75, 3.05) is 45.9 Å². The summed E-state index contributed by atoms with van der Waals surface area (Å²) in [6.07, 6.45) is 6.30. The number of carbonyl (C=O) groups is 1. The zero-order valence-electron chi connectivity index (χ0n) is 16.0. The molecular weight excluding hydrogens is 362 g/mol. The quantitative estimate of drug-likeness (QED) is 0.707. The van der Waals surface area contributed by atoms with Gasteiger partial charge in [0.2, 0.25) is 0 Å². The number of fused-ring (bicyclic) bond motifs is 2. The Morgan fingerprint density at radius 2 is 2.26 bits per heavy atom. The maximum absolute atomic E-state index is 12.7. The molecule has 2 fully saturated rings. The van der Waals surface area contributed by atoms with Crippen LogP contribution in [0.5, 0.6) is 0 Å². The molecule has 1 aromatic rings. The van der Waals surface area contributed by atoms with Gasteiger partial charge in [-0.05, 0) is 56.9 Å². The van der Waals surface area contributed by atoms with E-state index in [9.17, 15) is 9.90 Å². The number of nitrogens with one attached hydrogen (secondary N) is 2. The SMILES string of the molecule is O=C(NCCN1CCCCC1CO)c1cc2c(s1)CCOC21CCNCC1. The highest BCUT2D eigenvalue weighted by atomic mass is 32.1. The molecule has 1 spiro atoms. The van der Waals surface area contributed by atoms with E-state index >= 15 is 0 Å². The van der Waals surface area contributed by atoms with Crippen LogP contribution in [-0.2, 0) is 16.8 Å². The average Bonchev–Trinajstić information content (AvgIpc) is 3.15. The first-order valence-corrected chi connectivity index (χ1v) is 11.1. The molecule has 1 atom stereocenters. The number of rotatable bonds is 5. The maximum Gasteiger partial charge on any atom is 0.261 e. The monoisotopic (exact) mass is 393 g/mol. The van der Waals surface area contributed by atoms with Crippen LogP contribution in [0.25, 0.3) is 0 Å². The first-order valence-electron chi connectivity index (χ1n) is 10.3. The summed E-state index contributed by atoms with van der Waals surface area (Å²) in [5.74, 6) is 0.0241. The first-order chi connectivity index (χ1) is 13.2. The van der Waals surface area contributed by atoms with Crippen molar-refractivity contribution in [2.45, 2.75) is 50.2 Å². The van der Waals surface area contributed by atoms with E-state index in [4.69, 9.17) is 4.74 Å². The molecule has 4 rings (SSSR count). The summed E-state index contributed by atoms with van der Waals surface area (Å²) >= 11 is 1.64. The standard InChI is InChI=1S/C20H31N3O3S/c24-14-15-3-1-2-10-23(15)11-9-22-19(25)18-13-16-17(27-18)4-12-26-20(16)5-7-21-8-6-20/h13,15,21,24H,1-12,14H2,(H,22,25). The third kappa shape index (κ3) is 4.07. The molecule has 0 bridgehead atoms. The van der Waals surface area contributed by atoms with Gasteiger partial charge in [0.05, 0.1) is 23.7 Å². The van der Waals surface area contributed by atoms with E-state index in [1.807, 2.05) is 0 Å². The van der Waals surface area contributed by atoms with Crippen molar-refractivity contribution in [1.82, 2.24) is 15.5 Å². The number of carbonyl (C=O) groups excluding carboxylic acids is 1. The van der Waals surface area contributed by atoms with Crippen LogP contribution in [-0.4, -0.2) is 67.9 Å². The number of hydrogen-bond acceptors (Lipinski definition) is 6.